The molecule has 3 rings (SSSR count). The van der Waals surface area contributed by atoms with Crippen LogP contribution in [0.4, 0.5) is 4.39 Å². The van der Waals surface area contributed by atoms with Gasteiger partial charge in [0.2, 0.25) is 0 Å². The average Bonchev–Trinajstić information content (AvgIpc) is 2.64. The fourth-order valence-corrected chi connectivity index (χ4v) is 3.33. The zero-order valence-corrected chi connectivity index (χ0v) is 15.1. The van der Waals surface area contributed by atoms with Crippen LogP contribution >= 0.6 is 11.6 Å². The molecule has 1 aliphatic rings. The van der Waals surface area contributed by atoms with E-state index in [1.54, 1.807) is 18.3 Å². The summed E-state index contributed by atoms with van der Waals surface area (Å²) in [5.41, 5.74) is 2.32. The lowest BCUT2D eigenvalue weighted by Crippen LogP contribution is -2.11. The number of pyridine rings is 1. The molecule has 1 fully saturated rings. The first-order chi connectivity index (χ1) is 12.2. The van der Waals surface area contributed by atoms with Gasteiger partial charge >= 0.3 is 0 Å². The third-order valence-electron chi connectivity index (χ3n) is 4.64. The number of allylic oxidation sites excluding steroid dienone is 2. The Morgan fingerprint density at radius 2 is 1.96 bits per heavy atom. The van der Waals surface area contributed by atoms with Crippen LogP contribution in [0, 0.1) is 29.5 Å². The maximum atomic E-state index is 13.6. The number of nitrogens with zero attached hydrogens (tertiary/aromatic N) is 1. The first kappa shape index (κ1) is 17.7. The molecule has 3 heteroatoms. The van der Waals surface area contributed by atoms with Crippen molar-refractivity contribution in [3.8, 4) is 23.1 Å². The minimum absolute atomic E-state index is 0.121. The Bertz CT molecular complexity index is 806. The van der Waals surface area contributed by atoms with Crippen LogP contribution in [0.5, 0.6) is 0 Å². The molecule has 0 spiro atoms. The second-order valence-corrected chi connectivity index (χ2v) is 6.88. The van der Waals surface area contributed by atoms with E-state index in [2.05, 4.69) is 35.9 Å². The lowest BCUT2D eigenvalue weighted by atomic mass is 9.82. The Kier molecular flexibility index (Phi) is 5.89. The third-order valence-corrected chi connectivity index (χ3v) is 4.94. The van der Waals surface area contributed by atoms with Gasteiger partial charge in [0.15, 0.2) is 0 Å². The molecule has 1 aliphatic carbocycles. The van der Waals surface area contributed by atoms with Gasteiger partial charge in [-0.3, -0.25) is 4.98 Å². The SMILES string of the molecule is C/C=C/C1CCC(C#Cc2ccc(-c3ccc(Cl)c(F)c3)nc2)CC1. The van der Waals surface area contributed by atoms with Crippen LogP contribution in [0.2, 0.25) is 5.02 Å². The van der Waals surface area contributed by atoms with Crippen LogP contribution in [0.1, 0.15) is 38.2 Å². The Hall–Kier alpha value is -2.11. The van der Waals surface area contributed by atoms with Crippen LogP contribution in [-0.4, -0.2) is 4.98 Å². The highest BCUT2D eigenvalue weighted by Gasteiger charge is 2.17. The molecule has 1 aromatic carbocycles. The highest BCUT2D eigenvalue weighted by molar-refractivity contribution is 6.30. The summed E-state index contributed by atoms with van der Waals surface area (Å²) in [7, 11) is 0. The first-order valence-electron chi connectivity index (χ1n) is 8.71. The van der Waals surface area contributed by atoms with Crippen LogP contribution in [-0.2, 0) is 0 Å². The van der Waals surface area contributed by atoms with Gasteiger partial charge in [0, 0.05) is 23.2 Å². The smallest absolute Gasteiger partial charge is 0.142 e. The quantitative estimate of drug-likeness (QED) is 0.457. The number of rotatable bonds is 2. The van der Waals surface area contributed by atoms with Crippen molar-refractivity contribution >= 4 is 11.6 Å². The Balaban J connectivity index is 1.65. The van der Waals surface area contributed by atoms with Crippen LogP contribution in [0.25, 0.3) is 11.3 Å². The lowest BCUT2D eigenvalue weighted by Gasteiger charge is -2.22. The van der Waals surface area contributed by atoms with Crippen LogP contribution < -0.4 is 0 Å². The average molecular weight is 354 g/mol. The number of aromatic nitrogens is 1. The fourth-order valence-electron chi connectivity index (χ4n) is 3.21. The van der Waals surface area contributed by atoms with Gasteiger partial charge in [0.25, 0.3) is 0 Å². The molecule has 0 saturated heterocycles. The maximum absolute atomic E-state index is 13.6. The van der Waals surface area contributed by atoms with Crippen molar-refractivity contribution in [3.05, 3.63) is 65.1 Å². The Labute approximate surface area is 153 Å². The minimum atomic E-state index is -0.432. The van der Waals surface area contributed by atoms with Gasteiger partial charge in [-0.05, 0) is 62.8 Å². The van der Waals surface area contributed by atoms with Gasteiger partial charge in [-0.2, -0.15) is 0 Å². The van der Waals surface area contributed by atoms with E-state index in [-0.39, 0.29) is 5.02 Å². The molecule has 0 amide bonds. The summed E-state index contributed by atoms with van der Waals surface area (Å²) < 4.78 is 13.6. The predicted molar refractivity (Wildman–Crippen MR) is 102 cm³/mol. The normalized spacial score (nSPS) is 20.3. The molecule has 1 aromatic heterocycles. The Morgan fingerprint density at radius 1 is 1.16 bits per heavy atom. The summed E-state index contributed by atoms with van der Waals surface area (Å²) in [6.45, 7) is 2.08. The second-order valence-electron chi connectivity index (χ2n) is 6.47. The summed E-state index contributed by atoms with van der Waals surface area (Å²) in [6.07, 6.45) is 11.0. The molecular weight excluding hydrogens is 333 g/mol. The molecule has 1 nitrogen and oxygen atoms in total. The van der Waals surface area contributed by atoms with Gasteiger partial charge in [0.05, 0.1) is 10.7 Å². The van der Waals surface area contributed by atoms with E-state index in [4.69, 9.17) is 11.6 Å². The van der Waals surface area contributed by atoms with Crippen molar-refractivity contribution in [1.82, 2.24) is 4.98 Å². The highest BCUT2D eigenvalue weighted by Crippen LogP contribution is 2.29. The van der Waals surface area contributed by atoms with Gasteiger partial charge in [0.1, 0.15) is 5.82 Å². The van der Waals surface area contributed by atoms with E-state index in [1.807, 2.05) is 12.1 Å². The zero-order valence-electron chi connectivity index (χ0n) is 14.3. The Morgan fingerprint density at radius 3 is 2.60 bits per heavy atom. The highest BCUT2D eigenvalue weighted by atomic mass is 35.5. The summed E-state index contributed by atoms with van der Waals surface area (Å²) in [5, 5.41) is 0.121. The summed E-state index contributed by atoms with van der Waals surface area (Å²) >= 11 is 5.72. The summed E-state index contributed by atoms with van der Waals surface area (Å²) in [6, 6.07) is 8.52. The van der Waals surface area contributed by atoms with Crippen molar-refractivity contribution < 1.29 is 4.39 Å². The van der Waals surface area contributed by atoms with Crippen LogP contribution in [0.3, 0.4) is 0 Å². The monoisotopic (exact) mass is 353 g/mol. The molecule has 0 atom stereocenters. The predicted octanol–water partition coefficient (Wildman–Crippen LogP) is 6.28. The van der Waals surface area contributed by atoms with Gasteiger partial charge in [-0.1, -0.05) is 41.7 Å². The third kappa shape index (κ3) is 4.71. The fraction of sp³-hybridized carbons (Fsp3) is 0.318. The van der Waals surface area contributed by atoms with Crippen molar-refractivity contribution in [1.29, 1.82) is 0 Å². The lowest BCUT2D eigenvalue weighted by molar-refractivity contribution is 0.364. The van der Waals surface area contributed by atoms with E-state index in [0.29, 0.717) is 17.2 Å². The molecule has 0 radical (unpaired) electrons. The van der Waals surface area contributed by atoms with Gasteiger partial charge < -0.3 is 0 Å². The van der Waals surface area contributed by atoms with Crippen molar-refractivity contribution in [2.24, 2.45) is 11.8 Å². The van der Waals surface area contributed by atoms with E-state index >= 15 is 0 Å². The van der Waals surface area contributed by atoms with Crippen molar-refractivity contribution in [2.45, 2.75) is 32.6 Å². The molecular formula is C22H21ClFN. The topological polar surface area (TPSA) is 12.9 Å². The molecule has 1 heterocycles. The number of hydrogen-bond acceptors (Lipinski definition) is 1. The zero-order chi connectivity index (χ0) is 17.6. The van der Waals surface area contributed by atoms with Crippen LogP contribution in [0.15, 0.2) is 48.7 Å². The largest absolute Gasteiger partial charge is 0.255 e. The molecule has 128 valence electrons. The standard InChI is InChI=1S/C22H21ClFN/c1-2-3-16-4-6-17(7-5-16)8-9-18-10-13-22(25-15-18)19-11-12-20(23)21(24)14-19/h2-3,10-17H,4-7H2,1H3/b3-2+. The molecule has 1 saturated carbocycles. The first-order valence-corrected chi connectivity index (χ1v) is 9.09. The molecule has 0 aliphatic heterocycles. The summed E-state index contributed by atoms with van der Waals surface area (Å²) in [4.78, 5) is 4.40. The van der Waals surface area contributed by atoms with E-state index in [9.17, 15) is 4.39 Å². The van der Waals surface area contributed by atoms with Crippen molar-refractivity contribution in [3.63, 3.8) is 0 Å². The van der Waals surface area contributed by atoms with Gasteiger partial charge in [-0.25, -0.2) is 4.39 Å². The number of benzene rings is 1. The molecule has 2 aromatic rings. The van der Waals surface area contributed by atoms with E-state index in [1.165, 1.54) is 18.9 Å². The van der Waals surface area contributed by atoms with Gasteiger partial charge in [-0.15, -0.1) is 0 Å². The van der Waals surface area contributed by atoms with E-state index in [0.717, 1.165) is 24.3 Å². The number of halogens is 2. The maximum Gasteiger partial charge on any atom is 0.142 e. The molecule has 0 bridgehead atoms. The van der Waals surface area contributed by atoms with Crippen molar-refractivity contribution in [2.75, 3.05) is 0 Å². The van der Waals surface area contributed by atoms with E-state index < -0.39 is 5.82 Å². The second kappa shape index (κ2) is 8.32. The molecule has 25 heavy (non-hydrogen) atoms. The summed E-state index contributed by atoms with van der Waals surface area (Å²) in [5.74, 6) is 7.39. The molecule has 0 unspecified atom stereocenters. The minimum Gasteiger partial charge on any atom is -0.255 e. The number of hydrogen-bond donors (Lipinski definition) is 0. The molecule has 0 N–H and O–H groups in total.